The molecule has 0 unspecified atom stereocenters. The second-order valence-electron chi connectivity index (χ2n) is 8.44. The monoisotopic (exact) mass is 416 g/mol. The second kappa shape index (κ2) is 9.86. The molecule has 0 aliphatic carbocycles. The zero-order valence-electron chi connectivity index (χ0n) is 18.1. The molecular formula is C27H29FN2O. The smallest absolute Gasteiger partial charge is 0.223 e. The SMILES string of the molecule is Cc1cc(CCCC(=O)N2CCC[C@H]2c2ccc(Cc3ccccc3)cn2)ccc1F. The molecule has 4 rings (SSSR count). The lowest BCUT2D eigenvalue weighted by atomic mass is 10.0. The van der Waals surface area contributed by atoms with Crippen molar-refractivity contribution < 1.29 is 9.18 Å². The van der Waals surface area contributed by atoms with E-state index in [0.29, 0.717) is 12.0 Å². The van der Waals surface area contributed by atoms with Crippen molar-refractivity contribution in [2.45, 2.75) is 51.5 Å². The summed E-state index contributed by atoms with van der Waals surface area (Å²) in [4.78, 5) is 19.6. The zero-order valence-corrected chi connectivity index (χ0v) is 18.1. The number of hydrogen-bond donors (Lipinski definition) is 0. The Morgan fingerprint density at radius 2 is 1.87 bits per heavy atom. The Labute approximate surface area is 183 Å². The minimum absolute atomic E-state index is 0.0753. The number of aryl methyl sites for hydroxylation is 2. The standard InChI is InChI=1S/C27H29FN2O/c1-20-17-22(12-14-24(20)28)9-5-11-27(31)30-16-6-10-26(30)25-15-13-23(19-29-25)18-21-7-3-2-4-8-21/h2-4,7-8,12-15,17,19,26H,5-6,9-11,16,18H2,1H3/t26-/m0/s1. The molecule has 1 aliphatic heterocycles. The quantitative estimate of drug-likeness (QED) is 0.487. The number of nitrogens with zero attached hydrogens (tertiary/aromatic N) is 2. The Morgan fingerprint density at radius 3 is 2.61 bits per heavy atom. The minimum atomic E-state index is -0.179. The van der Waals surface area contributed by atoms with Crippen molar-refractivity contribution in [3.63, 3.8) is 0 Å². The van der Waals surface area contributed by atoms with Crippen LogP contribution in [0, 0.1) is 12.7 Å². The van der Waals surface area contributed by atoms with E-state index in [9.17, 15) is 9.18 Å². The van der Waals surface area contributed by atoms with Crippen molar-refractivity contribution in [1.82, 2.24) is 9.88 Å². The third-order valence-corrected chi connectivity index (χ3v) is 6.09. The third-order valence-electron chi connectivity index (χ3n) is 6.09. The van der Waals surface area contributed by atoms with Gasteiger partial charge in [-0.1, -0.05) is 48.5 Å². The number of hydrogen-bond acceptors (Lipinski definition) is 2. The van der Waals surface area contributed by atoms with Crippen LogP contribution < -0.4 is 0 Å². The second-order valence-corrected chi connectivity index (χ2v) is 8.44. The van der Waals surface area contributed by atoms with Crippen molar-refractivity contribution >= 4 is 5.91 Å². The van der Waals surface area contributed by atoms with Gasteiger partial charge in [0.2, 0.25) is 5.91 Å². The molecule has 2 heterocycles. The Morgan fingerprint density at radius 1 is 1.06 bits per heavy atom. The number of amides is 1. The lowest BCUT2D eigenvalue weighted by molar-refractivity contribution is -0.132. The van der Waals surface area contributed by atoms with Gasteiger partial charge in [-0.25, -0.2) is 4.39 Å². The van der Waals surface area contributed by atoms with Gasteiger partial charge in [-0.3, -0.25) is 9.78 Å². The molecule has 0 saturated carbocycles. The molecule has 3 aromatic rings. The van der Waals surface area contributed by atoms with Crippen molar-refractivity contribution in [3.05, 3.63) is 101 Å². The molecule has 1 aromatic heterocycles. The zero-order chi connectivity index (χ0) is 21.6. The Kier molecular flexibility index (Phi) is 6.76. The highest BCUT2D eigenvalue weighted by atomic mass is 19.1. The van der Waals surface area contributed by atoms with Crippen molar-refractivity contribution in [1.29, 1.82) is 0 Å². The van der Waals surface area contributed by atoms with Gasteiger partial charge in [0.05, 0.1) is 11.7 Å². The summed E-state index contributed by atoms with van der Waals surface area (Å²) in [7, 11) is 0. The van der Waals surface area contributed by atoms with Gasteiger partial charge in [-0.2, -0.15) is 0 Å². The van der Waals surface area contributed by atoms with Crippen molar-refractivity contribution in [2.24, 2.45) is 0 Å². The van der Waals surface area contributed by atoms with Gasteiger partial charge >= 0.3 is 0 Å². The lowest BCUT2D eigenvalue weighted by Gasteiger charge is -2.24. The Balaban J connectivity index is 1.33. The number of carbonyl (C=O) groups is 1. The van der Waals surface area contributed by atoms with Gasteiger partial charge in [0.15, 0.2) is 0 Å². The number of halogens is 1. The van der Waals surface area contributed by atoms with Gasteiger partial charge in [0.25, 0.3) is 0 Å². The number of rotatable bonds is 7. The average molecular weight is 417 g/mol. The van der Waals surface area contributed by atoms with Crippen LogP contribution in [0.3, 0.4) is 0 Å². The summed E-state index contributed by atoms with van der Waals surface area (Å²) in [6.45, 7) is 2.57. The van der Waals surface area contributed by atoms with Gasteiger partial charge in [-0.05, 0) is 73.4 Å². The minimum Gasteiger partial charge on any atom is -0.334 e. The third kappa shape index (κ3) is 5.38. The highest BCUT2D eigenvalue weighted by Crippen LogP contribution is 2.31. The molecular weight excluding hydrogens is 387 g/mol. The van der Waals surface area contributed by atoms with E-state index in [4.69, 9.17) is 4.98 Å². The number of benzene rings is 2. The fourth-order valence-corrected chi connectivity index (χ4v) is 4.39. The predicted molar refractivity (Wildman–Crippen MR) is 121 cm³/mol. The Hall–Kier alpha value is -3.01. The van der Waals surface area contributed by atoms with E-state index in [2.05, 4.69) is 36.4 Å². The van der Waals surface area contributed by atoms with E-state index in [1.165, 1.54) is 17.2 Å². The van der Waals surface area contributed by atoms with Crippen LogP contribution in [0.1, 0.15) is 59.7 Å². The maximum Gasteiger partial charge on any atom is 0.223 e. The van der Waals surface area contributed by atoms with Gasteiger partial charge in [-0.15, -0.1) is 0 Å². The normalized spacial score (nSPS) is 15.9. The first-order valence-electron chi connectivity index (χ1n) is 11.1. The first-order valence-corrected chi connectivity index (χ1v) is 11.1. The van der Waals surface area contributed by atoms with Crippen molar-refractivity contribution in [2.75, 3.05) is 6.54 Å². The highest BCUT2D eigenvalue weighted by molar-refractivity contribution is 5.77. The molecule has 2 aromatic carbocycles. The number of aromatic nitrogens is 1. The van der Waals surface area contributed by atoms with Crippen LogP contribution in [0.5, 0.6) is 0 Å². The van der Waals surface area contributed by atoms with Crippen LogP contribution in [0.4, 0.5) is 4.39 Å². The van der Waals surface area contributed by atoms with Crippen molar-refractivity contribution in [3.8, 4) is 0 Å². The summed E-state index contributed by atoms with van der Waals surface area (Å²) in [5.74, 6) is 0.0125. The summed E-state index contributed by atoms with van der Waals surface area (Å²) in [6.07, 6.45) is 6.87. The van der Waals surface area contributed by atoms with Crippen LogP contribution in [0.2, 0.25) is 0 Å². The molecule has 1 fully saturated rings. The molecule has 31 heavy (non-hydrogen) atoms. The molecule has 1 saturated heterocycles. The maximum atomic E-state index is 13.4. The van der Waals surface area contributed by atoms with Crippen LogP contribution in [0.25, 0.3) is 0 Å². The fourth-order valence-electron chi connectivity index (χ4n) is 4.39. The summed E-state index contributed by atoms with van der Waals surface area (Å²) in [6, 6.07) is 19.9. The van der Waals surface area contributed by atoms with Gasteiger partial charge in [0.1, 0.15) is 5.82 Å². The first-order chi connectivity index (χ1) is 15.1. The highest BCUT2D eigenvalue weighted by Gasteiger charge is 2.30. The van der Waals surface area contributed by atoms with E-state index in [-0.39, 0.29) is 17.8 Å². The molecule has 0 radical (unpaired) electrons. The molecule has 1 aliphatic rings. The van der Waals surface area contributed by atoms with Crippen LogP contribution >= 0.6 is 0 Å². The molecule has 0 N–H and O–H groups in total. The number of carbonyl (C=O) groups excluding carboxylic acids is 1. The van der Waals surface area contributed by atoms with Crippen LogP contribution in [0.15, 0.2) is 66.9 Å². The van der Waals surface area contributed by atoms with E-state index in [1.807, 2.05) is 29.3 Å². The van der Waals surface area contributed by atoms with Gasteiger partial charge < -0.3 is 4.90 Å². The molecule has 0 bridgehead atoms. The van der Waals surface area contributed by atoms with E-state index >= 15 is 0 Å². The molecule has 160 valence electrons. The van der Waals surface area contributed by atoms with Gasteiger partial charge in [0, 0.05) is 19.2 Å². The van der Waals surface area contributed by atoms with Crippen LogP contribution in [-0.4, -0.2) is 22.3 Å². The lowest BCUT2D eigenvalue weighted by Crippen LogP contribution is -2.30. The van der Waals surface area contributed by atoms with Crippen LogP contribution in [-0.2, 0) is 17.6 Å². The summed E-state index contributed by atoms with van der Waals surface area (Å²) >= 11 is 0. The molecule has 4 heteroatoms. The summed E-state index contributed by atoms with van der Waals surface area (Å²) in [5, 5.41) is 0. The largest absolute Gasteiger partial charge is 0.334 e. The Bertz CT molecular complexity index is 1020. The summed E-state index contributed by atoms with van der Waals surface area (Å²) in [5.41, 5.74) is 5.17. The number of pyridine rings is 1. The predicted octanol–water partition coefficient (Wildman–Crippen LogP) is 5.81. The first kappa shape index (κ1) is 21.2. The molecule has 3 nitrogen and oxygen atoms in total. The fraction of sp³-hybridized carbons (Fsp3) is 0.333. The topological polar surface area (TPSA) is 33.2 Å². The van der Waals surface area contributed by atoms with E-state index < -0.39 is 0 Å². The number of likely N-dealkylation sites (tertiary alicyclic amines) is 1. The maximum absolute atomic E-state index is 13.4. The van der Waals surface area contributed by atoms with E-state index in [1.54, 1.807) is 6.92 Å². The summed E-state index contributed by atoms with van der Waals surface area (Å²) < 4.78 is 13.4. The molecule has 1 amide bonds. The molecule has 0 spiro atoms. The molecule has 1 atom stereocenters. The van der Waals surface area contributed by atoms with E-state index in [0.717, 1.165) is 49.9 Å². The average Bonchev–Trinajstić information content (AvgIpc) is 3.27.